The fourth-order valence-corrected chi connectivity index (χ4v) is 3.92. The van der Waals surface area contributed by atoms with Gasteiger partial charge in [-0.3, -0.25) is 4.79 Å². The highest BCUT2D eigenvalue weighted by molar-refractivity contribution is 5.95. The average molecular weight is 399 g/mol. The third-order valence-electron chi connectivity index (χ3n) is 5.39. The summed E-state index contributed by atoms with van der Waals surface area (Å²) in [6.07, 6.45) is 5.25. The first-order chi connectivity index (χ1) is 14.0. The smallest absolute Gasteiger partial charge is 0.249 e. The normalized spacial score (nSPS) is 15.9. The Labute approximate surface area is 167 Å². The number of aromatic amines is 1. The number of primary amides is 1. The summed E-state index contributed by atoms with van der Waals surface area (Å²) in [4.78, 5) is 14.7. The number of amides is 1. The number of aryl methyl sites for hydroxylation is 1. The van der Waals surface area contributed by atoms with Gasteiger partial charge < -0.3 is 20.8 Å². The van der Waals surface area contributed by atoms with E-state index in [0.717, 1.165) is 36.7 Å². The Balaban J connectivity index is 1.29. The molecule has 4 N–H and O–H groups in total. The molecule has 1 atom stereocenters. The molecule has 152 valence electrons. The minimum atomic E-state index is -0.580. The monoisotopic (exact) mass is 399 g/mol. The molecule has 2 heterocycles. The highest BCUT2D eigenvalue weighted by atomic mass is 19.1. The van der Waals surface area contributed by atoms with E-state index in [-0.39, 0.29) is 17.6 Å². The van der Waals surface area contributed by atoms with E-state index in [2.05, 4.69) is 10.3 Å². The van der Waals surface area contributed by atoms with Crippen LogP contribution in [0, 0.1) is 11.6 Å². The molecular formula is C22H23F2N3O2. The summed E-state index contributed by atoms with van der Waals surface area (Å²) in [5.41, 5.74) is 8.24. The zero-order valence-electron chi connectivity index (χ0n) is 15.9. The van der Waals surface area contributed by atoms with Gasteiger partial charge in [0.15, 0.2) is 11.6 Å². The lowest BCUT2D eigenvalue weighted by Crippen LogP contribution is -2.40. The third kappa shape index (κ3) is 4.10. The van der Waals surface area contributed by atoms with Crippen molar-refractivity contribution in [3.8, 4) is 5.75 Å². The SMILES string of the molecule is NC(=O)c1ccc(F)c2c1CC(NCCCCc1c[nH]c3cc(F)ccc13)CO2. The Morgan fingerprint density at radius 2 is 2.10 bits per heavy atom. The number of nitrogens with two attached hydrogens (primary N) is 1. The van der Waals surface area contributed by atoms with Gasteiger partial charge in [0, 0.05) is 34.3 Å². The van der Waals surface area contributed by atoms with Crippen molar-refractivity contribution >= 4 is 16.8 Å². The second-order valence-corrected chi connectivity index (χ2v) is 7.39. The summed E-state index contributed by atoms with van der Waals surface area (Å²) < 4.78 is 32.8. The minimum Gasteiger partial charge on any atom is -0.489 e. The second-order valence-electron chi connectivity index (χ2n) is 7.39. The van der Waals surface area contributed by atoms with Crippen LogP contribution in [0.4, 0.5) is 8.78 Å². The van der Waals surface area contributed by atoms with Crippen LogP contribution in [0.5, 0.6) is 5.75 Å². The number of aromatic nitrogens is 1. The topological polar surface area (TPSA) is 80.1 Å². The van der Waals surface area contributed by atoms with Gasteiger partial charge in [0.05, 0.1) is 0 Å². The molecule has 4 rings (SSSR count). The van der Waals surface area contributed by atoms with Crippen molar-refractivity contribution < 1.29 is 18.3 Å². The first-order valence-electron chi connectivity index (χ1n) is 9.76. The lowest BCUT2D eigenvalue weighted by molar-refractivity contribution is 0.0997. The number of halogens is 2. The predicted molar refractivity (Wildman–Crippen MR) is 107 cm³/mol. The van der Waals surface area contributed by atoms with Crippen molar-refractivity contribution in [1.82, 2.24) is 10.3 Å². The predicted octanol–water partition coefficient (Wildman–Crippen LogP) is 3.46. The summed E-state index contributed by atoms with van der Waals surface area (Å²) >= 11 is 0. The summed E-state index contributed by atoms with van der Waals surface area (Å²) in [6, 6.07) is 7.41. The molecule has 1 aromatic heterocycles. The summed E-state index contributed by atoms with van der Waals surface area (Å²) in [7, 11) is 0. The maximum Gasteiger partial charge on any atom is 0.249 e. The van der Waals surface area contributed by atoms with E-state index in [4.69, 9.17) is 10.5 Å². The highest BCUT2D eigenvalue weighted by Gasteiger charge is 2.26. The molecule has 0 bridgehead atoms. The fraction of sp³-hybridized carbons (Fsp3) is 0.318. The maximum atomic E-state index is 13.9. The molecule has 0 radical (unpaired) electrons. The zero-order valence-corrected chi connectivity index (χ0v) is 15.9. The van der Waals surface area contributed by atoms with Gasteiger partial charge in [0.25, 0.3) is 0 Å². The molecule has 1 amide bonds. The van der Waals surface area contributed by atoms with Crippen molar-refractivity contribution in [2.45, 2.75) is 31.7 Å². The Morgan fingerprint density at radius 3 is 2.93 bits per heavy atom. The van der Waals surface area contributed by atoms with Crippen LogP contribution in [0.15, 0.2) is 36.5 Å². The van der Waals surface area contributed by atoms with Crippen molar-refractivity contribution in [1.29, 1.82) is 0 Å². The number of ether oxygens (including phenoxy) is 1. The molecule has 0 saturated carbocycles. The van der Waals surface area contributed by atoms with Crippen LogP contribution in [0.3, 0.4) is 0 Å². The van der Waals surface area contributed by atoms with Crippen LogP contribution in [-0.2, 0) is 12.8 Å². The van der Waals surface area contributed by atoms with Gasteiger partial charge in [0.1, 0.15) is 12.4 Å². The van der Waals surface area contributed by atoms with Crippen LogP contribution in [0.2, 0.25) is 0 Å². The van der Waals surface area contributed by atoms with Crippen molar-refractivity contribution in [2.24, 2.45) is 5.73 Å². The number of hydrogen-bond donors (Lipinski definition) is 3. The molecule has 1 unspecified atom stereocenters. The molecule has 2 aromatic carbocycles. The van der Waals surface area contributed by atoms with Gasteiger partial charge in [-0.25, -0.2) is 8.78 Å². The molecule has 1 aliphatic rings. The number of hydrogen-bond acceptors (Lipinski definition) is 3. The van der Waals surface area contributed by atoms with E-state index in [9.17, 15) is 13.6 Å². The van der Waals surface area contributed by atoms with Crippen LogP contribution >= 0.6 is 0 Å². The Bertz CT molecular complexity index is 1050. The van der Waals surface area contributed by atoms with Crippen molar-refractivity contribution in [3.63, 3.8) is 0 Å². The van der Waals surface area contributed by atoms with Crippen LogP contribution in [0.1, 0.15) is 34.3 Å². The second kappa shape index (κ2) is 8.21. The molecule has 0 spiro atoms. The maximum absolute atomic E-state index is 13.9. The van der Waals surface area contributed by atoms with E-state index in [1.54, 1.807) is 6.07 Å². The molecule has 0 fully saturated rings. The number of rotatable bonds is 7. The zero-order chi connectivity index (χ0) is 20.4. The van der Waals surface area contributed by atoms with E-state index < -0.39 is 11.7 Å². The van der Waals surface area contributed by atoms with E-state index >= 15 is 0 Å². The number of benzene rings is 2. The van der Waals surface area contributed by atoms with Gasteiger partial charge in [-0.15, -0.1) is 0 Å². The number of unbranched alkanes of at least 4 members (excludes halogenated alkanes) is 1. The lowest BCUT2D eigenvalue weighted by atomic mass is 9.96. The van der Waals surface area contributed by atoms with Crippen molar-refractivity contribution in [3.05, 3.63) is 64.9 Å². The average Bonchev–Trinajstić information content (AvgIpc) is 3.09. The summed E-state index contributed by atoms with van der Waals surface area (Å²) in [5, 5.41) is 4.47. The molecule has 1 aliphatic heterocycles. The summed E-state index contributed by atoms with van der Waals surface area (Å²) in [6.45, 7) is 1.13. The van der Waals surface area contributed by atoms with Crippen LogP contribution in [-0.4, -0.2) is 30.1 Å². The van der Waals surface area contributed by atoms with Gasteiger partial charge in [0.2, 0.25) is 5.91 Å². The molecular weight excluding hydrogens is 376 g/mol. The molecule has 29 heavy (non-hydrogen) atoms. The minimum absolute atomic E-state index is 0.00142. The molecule has 5 nitrogen and oxygen atoms in total. The largest absolute Gasteiger partial charge is 0.489 e. The standard InChI is InChI=1S/C22H23F2N3O2/c23-14-4-5-16-13(11-27-20(16)9-14)3-1-2-8-26-15-10-18-17(22(25)28)6-7-19(24)21(18)29-12-15/h4-7,9,11,15,26-27H,1-3,8,10,12H2,(H2,25,28). The van der Waals surface area contributed by atoms with Crippen LogP contribution < -0.4 is 15.8 Å². The van der Waals surface area contributed by atoms with Gasteiger partial charge in [-0.1, -0.05) is 0 Å². The number of H-pyrrole nitrogens is 1. The van der Waals surface area contributed by atoms with E-state index in [1.807, 2.05) is 6.20 Å². The molecule has 0 saturated heterocycles. The van der Waals surface area contributed by atoms with Gasteiger partial charge in [-0.05, 0) is 68.1 Å². The number of carbonyl (C=O) groups excluding carboxylic acids is 1. The molecule has 3 aromatic rings. The Kier molecular flexibility index (Phi) is 5.49. The first kappa shape index (κ1) is 19.4. The third-order valence-corrected chi connectivity index (χ3v) is 5.39. The quantitative estimate of drug-likeness (QED) is 0.532. The number of fused-ring (bicyclic) bond motifs is 2. The fourth-order valence-electron chi connectivity index (χ4n) is 3.92. The lowest BCUT2D eigenvalue weighted by Gasteiger charge is -2.27. The van der Waals surface area contributed by atoms with E-state index in [1.165, 1.54) is 29.8 Å². The van der Waals surface area contributed by atoms with Gasteiger partial charge >= 0.3 is 0 Å². The molecule has 0 aliphatic carbocycles. The van der Waals surface area contributed by atoms with E-state index in [0.29, 0.717) is 24.2 Å². The highest BCUT2D eigenvalue weighted by Crippen LogP contribution is 2.31. The van der Waals surface area contributed by atoms with Crippen LogP contribution in [0.25, 0.3) is 10.9 Å². The Morgan fingerprint density at radius 1 is 1.24 bits per heavy atom. The summed E-state index contributed by atoms with van der Waals surface area (Å²) in [5.74, 6) is -1.16. The Hall–Kier alpha value is -2.93. The molecule has 7 heteroatoms. The van der Waals surface area contributed by atoms with Crippen molar-refractivity contribution in [2.75, 3.05) is 13.2 Å². The van der Waals surface area contributed by atoms with Gasteiger partial charge in [-0.2, -0.15) is 0 Å². The number of carbonyl (C=O) groups is 1. The first-order valence-corrected chi connectivity index (χ1v) is 9.76. The number of nitrogens with one attached hydrogen (secondary N) is 2.